The van der Waals surface area contributed by atoms with E-state index in [2.05, 4.69) is 15.5 Å². The van der Waals surface area contributed by atoms with Crippen LogP contribution in [0.15, 0.2) is 47.0 Å². The van der Waals surface area contributed by atoms with E-state index in [1.54, 1.807) is 0 Å². The summed E-state index contributed by atoms with van der Waals surface area (Å²) < 4.78 is 57.1. The average Bonchev–Trinajstić information content (AvgIpc) is 3.17. The summed E-state index contributed by atoms with van der Waals surface area (Å²) in [6.45, 7) is 3.13. The van der Waals surface area contributed by atoms with Gasteiger partial charge in [-0.3, -0.25) is 9.10 Å². The van der Waals surface area contributed by atoms with Crippen LogP contribution in [0, 0.1) is 18.6 Å². The minimum Gasteiger partial charge on any atom is -0.345 e. The molecule has 0 aliphatic rings. The van der Waals surface area contributed by atoms with Crippen LogP contribution >= 0.6 is 0 Å². The molecule has 0 bridgehead atoms. The highest BCUT2D eigenvalue weighted by atomic mass is 32.2. The molecule has 8 nitrogen and oxygen atoms in total. The molecule has 1 amide bonds. The van der Waals surface area contributed by atoms with Gasteiger partial charge in [-0.25, -0.2) is 17.2 Å². The van der Waals surface area contributed by atoms with Crippen molar-refractivity contribution in [3.8, 4) is 11.4 Å². The second-order valence-electron chi connectivity index (χ2n) is 6.93. The Kier molecular flexibility index (Phi) is 6.34. The number of benzene rings is 2. The highest BCUT2D eigenvalue weighted by Gasteiger charge is 2.30. The third kappa shape index (κ3) is 5.23. The topological polar surface area (TPSA) is 105 Å². The second-order valence-corrected chi connectivity index (χ2v) is 8.79. The molecule has 11 heteroatoms. The van der Waals surface area contributed by atoms with Crippen molar-refractivity contribution in [1.82, 2.24) is 15.5 Å². The molecule has 1 aromatic heterocycles. The second kappa shape index (κ2) is 8.80. The fourth-order valence-corrected chi connectivity index (χ4v) is 4.05. The van der Waals surface area contributed by atoms with Crippen molar-refractivity contribution in [3.63, 3.8) is 0 Å². The maximum Gasteiger partial charge on any atom is 0.246 e. The van der Waals surface area contributed by atoms with Gasteiger partial charge in [-0.1, -0.05) is 35.0 Å². The Morgan fingerprint density at radius 2 is 1.84 bits per heavy atom. The normalized spacial score (nSPS) is 12.4. The predicted octanol–water partition coefficient (Wildman–Crippen LogP) is 2.79. The van der Waals surface area contributed by atoms with Gasteiger partial charge in [0.2, 0.25) is 27.6 Å². The molecule has 31 heavy (non-hydrogen) atoms. The number of rotatable bonds is 7. The van der Waals surface area contributed by atoms with Crippen LogP contribution in [0.25, 0.3) is 11.4 Å². The van der Waals surface area contributed by atoms with E-state index in [-0.39, 0.29) is 18.1 Å². The van der Waals surface area contributed by atoms with Gasteiger partial charge in [0.05, 0.1) is 18.5 Å². The Morgan fingerprint density at radius 3 is 2.45 bits per heavy atom. The first-order chi connectivity index (χ1) is 14.6. The summed E-state index contributed by atoms with van der Waals surface area (Å²) in [5.41, 5.74) is 1.63. The van der Waals surface area contributed by atoms with Gasteiger partial charge < -0.3 is 9.84 Å². The van der Waals surface area contributed by atoms with Crippen LogP contribution in [-0.4, -0.2) is 36.8 Å². The van der Waals surface area contributed by atoms with E-state index in [1.165, 1.54) is 6.92 Å². The molecule has 0 aliphatic carbocycles. The number of sulfonamides is 1. The Morgan fingerprint density at radius 1 is 1.16 bits per heavy atom. The van der Waals surface area contributed by atoms with Crippen molar-refractivity contribution in [2.24, 2.45) is 0 Å². The van der Waals surface area contributed by atoms with E-state index in [4.69, 9.17) is 4.52 Å². The van der Waals surface area contributed by atoms with Gasteiger partial charge in [0.15, 0.2) is 11.6 Å². The van der Waals surface area contributed by atoms with Gasteiger partial charge in [-0.2, -0.15) is 4.98 Å². The molecule has 0 radical (unpaired) electrons. The zero-order valence-corrected chi connectivity index (χ0v) is 17.8. The molecular weight excluding hydrogens is 430 g/mol. The molecule has 0 aliphatic heterocycles. The molecule has 0 spiro atoms. The zero-order valence-electron chi connectivity index (χ0n) is 17.0. The van der Waals surface area contributed by atoms with Gasteiger partial charge in [-0.15, -0.1) is 0 Å². The lowest BCUT2D eigenvalue weighted by atomic mass is 10.1. The third-order valence-corrected chi connectivity index (χ3v) is 5.68. The van der Waals surface area contributed by atoms with Gasteiger partial charge in [0.25, 0.3) is 0 Å². The van der Waals surface area contributed by atoms with Gasteiger partial charge in [-0.05, 0) is 26.0 Å². The molecule has 3 aromatic rings. The first-order valence-corrected chi connectivity index (χ1v) is 11.0. The number of anilines is 1. The maximum absolute atomic E-state index is 13.6. The lowest BCUT2D eigenvalue weighted by molar-refractivity contribution is -0.122. The molecule has 1 heterocycles. The summed E-state index contributed by atoms with van der Waals surface area (Å²) >= 11 is 0. The number of amides is 1. The minimum absolute atomic E-state index is 0.120. The highest BCUT2D eigenvalue weighted by Crippen LogP contribution is 2.23. The van der Waals surface area contributed by atoms with Crippen LogP contribution in [0.4, 0.5) is 14.5 Å². The van der Waals surface area contributed by atoms with E-state index in [0.717, 1.165) is 29.5 Å². The van der Waals surface area contributed by atoms with Crippen LogP contribution < -0.4 is 9.62 Å². The van der Waals surface area contributed by atoms with Crippen molar-refractivity contribution < 1.29 is 26.5 Å². The molecule has 0 saturated heterocycles. The Bertz CT molecular complexity index is 1200. The molecule has 3 rings (SSSR count). The number of halogens is 2. The SMILES string of the molecule is Cc1ccc(-c2noc(CNC(=O)C(C)N(c3ccc(F)c(F)c3)S(C)(=O)=O)n2)cc1. The van der Waals surface area contributed by atoms with Gasteiger partial charge in [0.1, 0.15) is 6.04 Å². The fourth-order valence-electron chi connectivity index (χ4n) is 2.89. The van der Waals surface area contributed by atoms with E-state index in [1.807, 2.05) is 31.2 Å². The first kappa shape index (κ1) is 22.3. The maximum atomic E-state index is 13.6. The third-order valence-electron chi connectivity index (χ3n) is 4.44. The zero-order chi connectivity index (χ0) is 22.8. The Hall–Kier alpha value is -3.34. The first-order valence-electron chi connectivity index (χ1n) is 9.18. The number of hydrogen-bond acceptors (Lipinski definition) is 6. The number of nitrogens with one attached hydrogen (secondary N) is 1. The monoisotopic (exact) mass is 450 g/mol. The minimum atomic E-state index is -3.98. The van der Waals surface area contributed by atoms with Crippen LogP contribution in [-0.2, 0) is 21.4 Å². The van der Waals surface area contributed by atoms with Crippen molar-refractivity contribution in [3.05, 3.63) is 65.6 Å². The number of hydrogen-bond donors (Lipinski definition) is 1. The Labute approximate surface area is 177 Å². The summed E-state index contributed by atoms with van der Waals surface area (Å²) in [4.78, 5) is 16.8. The number of carbonyl (C=O) groups is 1. The summed E-state index contributed by atoms with van der Waals surface area (Å²) in [7, 11) is -3.98. The number of carbonyl (C=O) groups excluding carboxylic acids is 1. The van der Waals surface area contributed by atoms with E-state index >= 15 is 0 Å². The van der Waals surface area contributed by atoms with E-state index in [9.17, 15) is 22.0 Å². The standard InChI is InChI=1S/C20H20F2N4O4S/c1-12-4-6-14(7-5-12)19-24-18(30-25-19)11-23-20(27)13(2)26(31(3,28)29)15-8-9-16(21)17(22)10-15/h4-10,13H,11H2,1-3H3,(H,23,27). The summed E-state index contributed by atoms with van der Waals surface area (Å²) in [5.74, 6) is -2.58. The fraction of sp³-hybridized carbons (Fsp3) is 0.250. The summed E-state index contributed by atoms with van der Waals surface area (Å²) in [6, 6.07) is 8.78. The number of nitrogens with zero attached hydrogens (tertiary/aromatic N) is 3. The molecule has 1 N–H and O–H groups in total. The molecule has 1 atom stereocenters. The van der Waals surface area contributed by atoms with Gasteiger partial charge in [0, 0.05) is 11.6 Å². The summed E-state index contributed by atoms with van der Waals surface area (Å²) in [5, 5.41) is 6.37. The highest BCUT2D eigenvalue weighted by molar-refractivity contribution is 7.92. The lowest BCUT2D eigenvalue weighted by Crippen LogP contribution is -2.47. The van der Waals surface area contributed by atoms with Crippen LogP contribution in [0.2, 0.25) is 0 Å². The van der Waals surface area contributed by atoms with Crippen molar-refractivity contribution in [2.45, 2.75) is 26.4 Å². The molecule has 0 fully saturated rings. The Balaban J connectivity index is 1.72. The molecule has 164 valence electrons. The molecular formula is C20H20F2N4O4S. The molecule has 0 saturated carbocycles. The van der Waals surface area contributed by atoms with Crippen LogP contribution in [0.1, 0.15) is 18.4 Å². The van der Waals surface area contributed by atoms with Crippen LogP contribution in [0.5, 0.6) is 0 Å². The van der Waals surface area contributed by atoms with Crippen molar-refractivity contribution >= 4 is 21.6 Å². The van der Waals surface area contributed by atoms with Gasteiger partial charge >= 0.3 is 0 Å². The van der Waals surface area contributed by atoms with Crippen molar-refractivity contribution in [1.29, 1.82) is 0 Å². The lowest BCUT2D eigenvalue weighted by Gasteiger charge is -2.28. The van der Waals surface area contributed by atoms with E-state index < -0.39 is 33.6 Å². The smallest absolute Gasteiger partial charge is 0.246 e. The van der Waals surface area contributed by atoms with Crippen LogP contribution in [0.3, 0.4) is 0 Å². The van der Waals surface area contributed by atoms with E-state index in [0.29, 0.717) is 16.2 Å². The summed E-state index contributed by atoms with van der Waals surface area (Å²) in [6.07, 6.45) is 0.865. The van der Waals surface area contributed by atoms with Crippen molar-refractivity contribution in [2.75, 3.05) is 10.6 Å². The average molecular weight is 450 g/mol. The largest absolute Gasteiger partial charge is 0.345 e. The quantitative estimate of drug-likeness (QED) is 0.594. The molecule has 2 aromatic carbocycles. The number of aryl methyl sites for hydroxylation is 1. The predicted molar refractivity (Wildman–Crippen MR) is 109 cm³/mol. The number of aromatic nitrogens is 2. The molecule has 1 unspecified atom stereocenters.